The van der Waals surface area contributed by atoms with Crippen LogP contribution in [0, 0.1) is 5.82 Å². The van der Waals surface area contributed by atoms with E-state index in [1.807, 2.05) is 49.2 Å². The van der Waals surface area contributed by atoms with Crippen molar-refractivity contribution in [1.82, 2.24) is 15.1 Å². The number of nitrogens with zero attached hydrogens (tertiary/aromatic N) is 2. The Hall–Kier alpha value is -3.19. The Labute approximate surface area is 182 Å². The number of hydrogen-bond donors (Lipinski definition) is 1. The molecule has 0 radical (unpaired) electrons. The lowest BCUT2D eigenvalue weighted by Crippen LogP contribution is -2.50. The molecule has 2 aromatic rings. The van der Waals surface area contributed by atoms with E-state index in [-0.39, 0.29) is 12.6 Å². The number of benzene rings is 2. The van der Waals surface area contributed by atoms with Gasteiger partial charge < -0.3 is 10.1 Å². The van der Waals surface area contributed by atoms with E-state index in [1.165, 1.54) is 12.1 Å². The van der Waals surface area contributed by atoms with Crippen LogP contribution in [0.4, 0.5) is 9.18 Å². The number of likely N-dealkylation sites (N-methyl/N-ethyl adjacent to an activating group) is 2. The number of ether oxygens (including phenoxy) is 1. The van der Waals surface area contributed by atoms with Crippen molar-refractivity contribution in [1.29, 1.82) is 0 Å². The second-order valence-electron chi connectivity index (χ2n) is 7.42. The van der Waals surface area contributed by atoms with Crippen molar-refractivity contribution in [2.24, 2.45) is 0 Å². The summed E-state index contributed by atoms with van der Waals surface area (Å²) in [7, 11) is 1.93. The minimum atomic E-state index is -0.787. The SMILES string of the molecule is CCOC(=O)C1=C(CN(C)Cc2ccccc2)N(CC)C(=O)N[C@H]1c1cccc(F)c1. The molecular formula is C24H28FN3O3. The molecule has 164 valence electrons. The number of urea groups is 1. The minimum Gasteiger partial charge on any atom is -0.463 e. The molecule has 1 atom stereocenters. The minimum absolute atomic E-state index is 0.200. The number of hydrogen-bond acceptors (Lipinski definition) is 4. The van der Waals surface area contributed by atoms with E-state index >= 15 is 0 Å². The zero-order valence-corrected chi connectivity index (χ0v) is 18.1. The molecule has 0 saturated heterocycles. The highest BCUT2D eigenvalue weighted by atomic mass is 19.1. The van der Waals surface area contributed by atoms with Crippen molar-refractivity contribution in [2.75, 3.05) is 26.7 Å². The van der Waals surface area contributed by atoms with Crippen LogP contribution in [0.2, 0.25) is 0 Å². The summed E-state index contributed by atoms with van der Waals surface area (Å²) < 4.78 is 19.3. The van der Waals surface area contributed by atoms with Crippen molar-refractivity contribution >= 4 is 12.0 Å². The molecule has 2 amide bonds. The number of halogens is 1. The molecule has 3 rings (SSSR count). The maximum Gasteiger partial charge on any atom is 0.338 e. The second kappa shape index (κ2) is 10.2. The topological polar surface area (TPSA) is 61.9 Å². The Kier molecular flexibility index (Phi) is 7.41. The summed E-state index contributed by atoms with van der Waals surface area (Å²) in [5.74, 6) is -0.950. The molecule has 1 N–H and O–H groups in total. The molecule has 0 fully saturated rings. The average Bonchev–Trinajstić information content (AvgIpc) is 2.74. The van der Waals surface area contributed by atoms with Gasteiger partial charge in [0.15, 0.2) is 0 Å². The number of rotatable bonds is 8. The Bertz CT molecular complexity index is 962. The summed E-state index contributed by atoms with van der Waals surface area (Å²) in [6, 6.07) is 14.8. The van der Waals surface area contributed by atoms with Gasteiger partial charge in [0.05, 0.1) is 18.2 Å². The first-order valence-corrected chi connectivity index (χ1v) is 10.4. The van der Waals surface area contributed by atoms with Crippen LogP contribution in [0.5, 0.6) is 0 Å². The number of nitrogens with one attached hydrogen (secondary N) is 1. The third kappa shape index (κ3) is 5.30. The predicted molar refractivity (Wildman–Crippen MR) is 116 cm³/mol. The van der Waals surface area contributed by atoms with Gasteiger partial charge in [-0.15, -0.1) is 0 Å². The van der Waals surface area contributed by atoms with Crippen molar-refractivity contribution in [3.05, 3.63) is 82.8 Å². The molecule has 1 aliphatic rings. The molecule has 0 spiro atoms. The van der Waals surface area contributed by atoms with Crippen LogP contribution in [0.1, 0.15) is 31.0 Å². The van der Waals surface area contributed by atoms with Gasteiger partial charge in [0.25, 0.3) is 0 Å². The van der Waals surface area contributed by atoms with Crippen LogP contribution in [-0.2, 0) is 16.1 Å². The van der Waals surface area contributed by atoms with E-state index in [2.05, 4.69) is 5.32 Å². The molecule has 0 saturated carbocycles. The number of carbonyl (C=O) groups excluding carboxylic acids is 2. The molecule has 0 aromatic heterocycles. The molecule has 0 bridgehead atoms. The Morgan fingerprint density at radius 2 is 1.87 bits per heavy atom. The van der Waals surface area contributed by atoms with Gasteiger partial charge in [-0.05, 0) is 44.2 Å². The smallest absolute Gasteiger partial charge is 0.338 e. The lowest BCUT2D eigenvalue weighted by Gasteiger charge is -2.37. The predicted octanol–water partition coefficient (Wildman–Crippen LogP) is 3.86. The van der Waals surface area contributed by atoms with Crippen LogP contribution >= 0.6 is 0 Å². The van der Waals surface area contributed by atoms with Gasteiger partial charge in [0.1, 0.15) is 5.82 Å². The number of esters is 1. The molecule has 1 aliphatic heterocycles. The zero-order chi connectivity index (χ0) is 22.4. The van der Waals surface area contributed by atoms with Crippen molar-refractivity contribution < 1.29 is 18.7 Å². The van der Waals surface area contributed by atoms with E-state index < -0.39 is 17.8 Å². The van der Waals surface area contributed by atoms with Gasteiger partial charge in [-0.1, -0.05) is 42.5 Å². The molecule has 0 unspecified atom stereocenters. The normalized spacial score (nSPS) is 16.5. The summed E-state index contributed by atoms with van der Waals surface area (Å²) >= 11 is 0. The standard InChI is InChI=1S/C24H28FN3O3/c1-4-28-20(16-27(3)15-17-10-7-6-8-11-17)21(23(29)31-5-2)22(26-24(28)30)18-12-9-13-19(25)14-18/h6-14,22H,4-5,15-16H2,1-3H3,(H,26,30)/t22-/m0/s1. The van der Waals surface area contributed by atoms with Gasteiger partial charge in [-0.3, -0.25) is 9.80 Å². The fourth-order valence-electron chi connectivity index (χ4n) is 3.80. The first kappa shape index (κ1) is 22.5. The molecule has 31 heavy (non-hydrogen) atoms. The van der Waals surface area contributed by atoms with E-state index in [0.717, 1.165) is 5.56 Å². The van der Waals surface area contributed by atoms with Gasteiger partial charge in [-0.2, -0.15) is 0 Å². The Morgan fingerprint density at radius 1 is 1.13 bits per heavy atom. The summed E-state index contributed by atoms with van der Waals surface area (Å²) in [6.07, 6.45) is 0. The first-order chi connectivity index (χ1) is 14.9. The number of amides is 2. The van der Waals surface area contributed by atoms with Gasteiger partial charge in [0.2, 0.25) is 0 Å². The van der Waals surface area contributed by atoms with Crippen LogP contribution in [0.15, 0.2) is 65.9 Å². The van der Waals surface area contributed by atoms with Crippen LogP contribution in [-0.4, -0.2) is 48.5 Å². The Balaban J connectivity index is 2.04. The van der Waals surface area contributed by atoms with Gasteiger partial charge >= 0.3 is 12.0 Å². The molecule has 2 aromatic carbocycles. The fraction of sp³-hybridized carbons (Fsp3) is 0.333. The summed E-state index contributed by atoms with van der Waals surface area (Å²) in [4.78, 5) is 29.5. The highest BCUT2D eigenvalue weighted by molar-refractivity contribution is 5.95. The third-order valence-corrected chi connectivity index (χ3v) is 5.15. The molecule has 7 heteroatoms. The van der Waals surface area contributed by atoms with E-state index in [9.17, 15) is 14.0 Å². The molecule has 6 nitrogen and oxygen atoms in total. The summed E-state index contributed by atoms with van der Waals surface area (Å²) in [6.45, 7) is 5.17. The molecule has 1 heterocycles. The monoisotopic (exact) mass is 425 g/mol. The van der Waals surface area contributed by atoms with E-state index in [1.54, 1.807) is 24.0 Å². The zero-order valence-electron chi connectivity index (χ0n) is 18.1. The molecule has 0 aliphatic carbocycles. The highest BCUT2D eigenvalue weighted by Gasteiger charge is 2.38. The van der Waals surface area contributed by atoms with Gasteiger partial charge in [0, 0.05) is 25.3 Å². The maximum absolute atomic E-state index is 13.9. The van der Waals surface area contributed by atoms with Crippen LogP contribution in [0.25, 0.3) is 0 Å². The fourth-order valence-corrected chi connectivity index (χ4v) is 3.80. The second-order valence-corrected chi connectivity index (χ2v) is 7.42. The van der Waals surface area contributed by atoms with Crippen LogP contribution in [0.3, 0.4) is 0 Å². The molecular weight excluding hydrogens is 397 g/mol. The lowest BCUT2D eigenvalue weighted by atomic mass is 9.94. The highest BCUT2D eigenvalue weighted by Crippen LogP contribution is 2.32. The quantitative estimate of drug-likeness (QED) is 0.653. The van der Waals surface area contributed by atoms with E-state index in [4.69, 9.17) is 4.74 Å². The van der Waals surface area contributed by atoms with Crippen molar-refractivity contribution in [2.45, 2.75) is 26.4 Å². The average molecular weight is 426 g/mol. The van der Waals surface area contributed by atoms with Crippen molar-refractivity contribution in [3.63, 3.8) is 0 Å². The maximum atomic E-state index is 13.9. The van der Waals surface area contributed by atoms with Crippen molar-refractivity contribution in [3.8, 4) is 0 Å². The van der Waals surface area contributed by atoms with E-state index in [0.29, 0.717) is 36.5 Å². The number of carbonyl (C=O) groups is 2. The third-order valence-electron chi connectivity index (χ3n) is 5.15. The summed E-state index contributed by atoms with van der Waals surface area (Å²) in [5.41, 5.74) is 2.51. The van der Waals surface area contributed by atoms with Crippen LogP contribution < -0.4 is 5.32 Å². The first-order valence-electron chi connectivity index (χ1n) is 10.4. The Morgan fingerprint density at radius 3 is 2.52 bits per heavy atom. The lowest BCUT2D eigenvalue weighted by molar-refractivity contribution is -0.139. The van der Waals surface area contributed by atoms with Gasteiger partial charge in [-0.25, -0.2) is 14.0 Å². The largest absolute Gasteiger partial charge is 0.463 e. The summed E-state index contributed by atoms with van der Waals surface area (Å²) in [5, 5.41) is 2.85.